The van der Waals surface area contributed by atoms with Gasteiger partial charge in [0.15, 0.2) is 0 Å². The highest BCUT2D eigenvalue weighted by atomic mass is 32.2. The molecule has 1 aliphatic heterocycles. The lowest BCUT2D eigenvalue weighted by Gasteiger charge is -2.34. The first kappa shape index (κ1) is 19.7. The summed E-state index contributed by atoms with van der Waals surface area (Å²) >= 11 is 0. The van der Waals surface area contributed by atoms with Gasteiger partial charge in [-0.25, -0.2) is 23.1 Å². The second-order valence-electron chi connectivity index (χ2n) is 6.87. The number of nitrogens with one attached hydrogen (secondary N) is 1. The lowest BCUT2D eigenvalue weighted by molar-refractivity contribution is 0.254. The fraction of sp³-hybridized carbons (Fsp3) is 0.474. The molecule has 8 heteroatoms. The number of sulfonamides is 1. The third-order valence-corrected chi connectivity index (χ3v) is 6.40. The molecule has 0 bridgehead atoms. The lowest BCUT2D eigenvalue weighted by Crippen LogP contribution is -2.47. The van der Waals surface area contributed by atoms with Crippen LogP contribution < -0.4 is 9.62 Å². The van der Waals surface area contributed by atoms with Gasteiger partial charge < -0.3 is 4.90 Å². The summed E-state index contributed by atoms with van der Waals surface area (Å²) in [6.07, 6.45) is 4.30. The highest BCUT2D eigenvalue weighted by Crippen LogP contribution is 2.14. The summed E-state index contributed by atoms with van der Waals surface area (Å²) in [5, 5.41) is 0. The number of hydrogen-bond acceptors (Lipinski definition) is 6. The smallest absolute Gasteiger partial charge is 0.240 e. The molecule has 146 valence electrons. The van der Waals surface area contributed by atoms with Crippen LogP contribution >= 0.6 is 0 Å². The maximum atomic E-state index is 12.4. The van der Waals surface area contributed by atoms with Crippen molar-refractivity contribution in [1.29, 1.82) is 0 Å². The largest absolute Gasteiger partial charge is 0.338 e. The number of rotatable bonds is 7. The minimum atomic E-state index is -3.44. The summed E-state index contributed by atoms with van der Waals surface area (Å²) in [6, 6.07) is 7.05. The Morgan fingerprint density at radius 2 is 1.74 bits per heavy atom. The molecule has 27 heavy (non-hydrogen) atoms. The van der Waals surface area contributed by atoms with E-state index in [0.717, 1.165) is 56.2 Å². The van der Waals surface area contributed by atoms with Crippen molar-refractivity contribution in [2.75, 3.05) is 44.2 Å². The molecule has 0 amide bonds. The Balaban J connectivity index is 1.41. The standard InChI is InChI=1S/C19H27N5O2S/c1-16-5-6-18(15-17(16)2)27(25,26)22-9-4-10-23-11-13-24(14-12-23)19-20-7-3-8-21-19/h3,5-8,15,22H,4,9-14H2,1-2H3. The van der Waals surface area contributed by atoms with Crippen LogP contribution in [-0.4, -0.2) is 62.6 Å². The molecule has 1 fully saturated rings. The molecule has 0 unspecified atom stereocenters. The van der Waals surface area contributed by atoms with Crippen LogP contribution in [0.1, 0.15) is 17.5 Å². The van der Waals surface area contributed by atoms with Crippen molar-refractivity contribution >= 4 is 16.0 Å². The van der Waals surface area contributed by atoms with Gasteiger partial charge in [-0.2, -0.15) is 0 Å². The van der Waals surface area contributed by atoms with Crippen molar-refractivity contribution in [2.24, 2.45) is 0 Å². The maximum Gasteiger partial charge on any atom is 0.240 e. The predicted molar refractivity (Wildman–Crippen MR) is 106 cm³/mol. The normalized spacial score (nSPS) is 15.9. The van der Waals surface area contributed by atoms with Gasteiger partial charge in [0, 0.05) is 45.1 Å². The average molecular weight is 390 g/mol. The Kier molecular flexibility index (Phi) is 6.41. The van der Waals surface area contributed by atoms with Gasteiger partial charge in [-0.1, -0.05) is 6.07 Å². The first-order chi connectivity index (χ1) is 13.0. The zero-order valence-corrected chi connectivity index (χ0v) is 16.7. The quantitative estimate of drug-likeness (QED) is 0.725. The van der Waals surface area contributed by atoms with Crippen LogP contribution in [0, 0.1) is 13.8 Å². The molecule has 2 heterocycles. The molecule has 1 aliphatic rings. The second-order valence-corrected chi connectivity index (χ2v) is 8.64. The average Bonchev–Trinajstić information content (AvgIpc) is 2.68. The fourth-order valence-electron chi connectivity index (χ4n) is 3.10. The Hall–Kier alpha value is -2.03. The molecule has 7 nitrogen and oxygen atoms in total. The van der Waals surface area contributed by atoms with E-state index in [0.29, 0.717) is 11.4 Å². The molecule has 1 N–H and O–H groups in total. The van der Waals surface area contributed by atoms with Crippen molar-refractivity contribution in [3.63, 3.8) is 0 Å². The third-order valence-electron chi connectivity index (χ3n) is 4.94. The third kappa shape index (κ3) is 5.24. The Morgan fingerprint density at radius 1 is 1.04 bits per heavy atom. The highest BCUT2D eigenvalue weighted by Gasteiger charge is 2.19. The van der Waals surface area contributed by atoms with Gasteiger partial charge in [-0.3, -0.25) is 4.90 Å². The molecular formula is C19H27N5O2S. The number of anilines is 1. The molecule has 1 saturated heterocycles. The van der Waals surface area contributed by atoms with E-state index in [-0.39, 0.29) is 0 Å². The lowest BCUT2D eigenvalue weighted by atomic mass is 10.1. The van der Waals surface area contributed by atoms with E-state index in [4.69, 9.17) is 0 Å². The molecule has 0 radical (unpaired) electrons. The maximum absolute atomic E-state index is 12.4. The van der Waals surface area contributed by atoms with Gasteiger partial charge in [0.25, 0.3) is 0 Å². The van der Waals surface area contributed by atoms with E-state index in [9.17, 15) is 8.42 Å². The van der Waals surface area contributed by atoms with E-state index >= 15 is 0 Å². The minimum absolute atomic E-state index is 0.335. The summed E-state index contributed by atoms with van der Waals surface area (Å²) in [5.41, 5.74) is 2.08. The molecule has 2 aromatic rings. The van der Waals surface area contributed by atoms with E-state index in [1.54, 1.807) is 24.5 Å². The molecule has 0 spiro atoms. The van der Waals surface area contributed by atoms with E-state index in [1.165, 1.54) is 0 Å². The summed E-state index contributed by atoms with van der Waals surface area (Å²) in [7, 11) is -3.44. The fourth-order valence-corrected chi connectivity index (χ4v) is 4.26. The zero-order chi connectivity index (χ0) is 19.3. The Labute approximate surface area is 161 Å². The summed E-state index contributed by atoms with van der Waals surface area (Å²) < 4.78 is 27.5. The van der Waals surface area contributed by atoms with Crippen LogP contribution in [0.2, 0.25) is 0 Å². The van der Waals surface area contributed by atoms with Gasteiger partial charge >= 0.3 is 0 Å². The topological polar surface area (TPSA) is 78.4 Å². The number of aromatic nitrogens is 2. The van der Waals surface area contributed by atoms with E-state index in [2.05, 4.69) is 24.5 Å². The van der Waals surface area contributed by atoms with Crippen LogP contribution in [0.3, 0.4) is 0 Å². The summed E-state index contributed by atoms with van der Waals surface area (Å²) in [6.45, 7) is 8.86. The van der Waals surface area contributed by atoms with Crippen LogP contribution in [0.4, 0.5) is 5.95 Å². The van der Waals surface area contributed by atoms with E-state index in [1.807, 2.05) is 26.0 Å². The van der Waals surface area contributed by atoms with Crippen LogP contribution in [0.15, 0.2) is 41.6 Å². The predicted octanol–water partition coefficient (Wildman–Crippen LogP) is 1.58. The van der Waals surface area contributed by atoms with Crippen LogP contribution in [-0.2, 0) is 10.0 Å². The van der Waals surface area contributed by atoms with Crippen molar-refractivity contribution in [3.8, 4) is 0 Å². The van der Waals surface area contributed by atoms with Gasteiger partial charge in [0.2, 0.25) is 16.0 Å². The molecule has 1 aromatic heterocycles. The molecular weight excluding hydrogens is 362 g/mol. The molecule has 0 aliphatic carbocycles. The number of nitrogens with zero attached hydrogens (tertiary/aromatic N) is 4. The van der Waals surface area contributed by atoms with E-state index < -0.39 is 10.0 Å². The molecule has 1 aromatic carbocycles. The first-order valence-electron chi connectivity index (χ1n) is 9.27. The molecule has 3 rings (SSSR count). The van der Waals surface area contributed by atoms with Gasteiger partial charge in [0.1, 0.15) is 0 Å². The summed E-state index contributed by atoms with van der Waals surface area (Å²) in [4.78, 5) is 13.4. The van der Waals surface area contributed by atoms with Gasteiger partial charge in [0.05, 0.1) is 4.90 Å². The summed E-state index contributed by atoms with van der Waals surface area (Å²) in [5.74, 6) is 0.776. The number of benzene rings is 1. The first-order valence-corrected chi connectivity index (χ1v) is 10.8. The van der Waals surface area contributed by atoms with Crippen LogP contribution in [0.5, 0.6) is 0 Å². The van der Waals surface area contributed by atoms with Crippen molar-refractivity contribution in [3.05, 3.63) is 47.8 Å². The Bertz CT molecular complexity index is 850. The van der Waals surface area contributed by atoms with Crippen molar-refractivity contribution < 1.29 is 8.42 Å². The number of aryl methyl sites for hydroxylation is 2. The monoisotopic (exact) mass is 389 g/mol. The van der Waals surface area contributed by atoms with Crippen molar-refractivity contribution in [1.82, 2.24) is 19.6 Å². The van der Waals surface area contributed by atoms with Gasteiger partial charge in [-0.05, 0) is 56.1 Å². The van der Waals surface area contributed by atoms with Crippen LogP contribution in [0.25, 0.3) is 0 Å². The SMILES string of the molecule is Cc1ccc(S(=O)(=O)NCCCN2CCN(c3ncccn3)CC2)cc1C. The minimum Gasteiger partial charge on any atom is -0.338 e. The molecule has 0 saturated carbocycles. The molecule has 0 atom stereocenters. The highest BCUT2D eigenvalue weighted by molar-refractivity contribution is 7.89. The Morgan fingerprint density at radius 3 is 2.41 bits per heavy atom. The number of hydrogen-bond donors (Lipinski definition) is 1. The van der Waals surface area contributed by atoms with Gasteiger partial charge in [-0.15, -0.1) is 0 Å². The zero-order valence-electron chi connectivity index (χ0n) is 15.9. The van der Waals surface area contributed by atoms with Crippen molar-refractivity contribution in [2.45, 2.75) is 25.2 Å². The number of piperazine rings is 1. The second kappa shape index (κ2) is 8.77.